The lowest BCUT2D eigenvalue weighted by molar-refractivity contribution is 0.374. The molecule has 0 saturated heterocycles. The van der Waals surface area contributed by atoms with Crippen molar-refractivity contribution in [1.82, 2.24) is 4.57 Å². The SMILES string of the molecule is Cc1c(N)c(C)n(C(C)(C)C)c(=O)c1CN. The Morgan fingerprint density at radius 1 is 1.25 bits per heavy atom. The molecule has 0 saturated carbocycles. The maximum Gasteiger partial charge on any atom is 0.256 e. The second-order valence-electron chi connectivity index (χ2n) is 5.12. The van der Waals surface area contributed by atoms with E-state index in [1.807, 2.05) is 34.6 Å². The maximum atomic E-state index is 12.3. The third-order valence-corrected chi connectivity index (χ3v) is 2.92. The fraction of sp³-hybridized carbons (Fsp3) is 0.583. The second-order valence-corrected chi connectivity index (χ2v) is 5.12. The number of hydrogen-bond acceptors (Lipinski definition) is 3. The van der Waals surface area contributed by atoms with Crippen LogP contribution in [0.15, 0.2) is 4.79 Å². The van der Waals surface area contributed by atoms with Crippen LogP contribution in [0.5, 0.6) is 0 Å². The van der Waals surface area contributed by atoms with E-state index in [4.69, 9.17) is 11.5 Å². The van der Waals surface area contributed by atoms with E-state index in [0.29, 0.717) is 11.3 Å². The zero-order chi connectivity index (χ0) is 12.7. The molecular weight excluding hydrogens is 202 g/mol. The minimum Gasteiger partial charge on any atom is -0.397 e. The molecule has 4 N–H and O–H groups in total. The fourth-order valence-corrected chi connectivity index (χ4v) is 2.05. The van der Waals surface area contributed by atoms with Crippen LogP contribution in [0, 0.1) is 13.8 Å². The van der Waals surface area contributed by atoms with Gasteiger partial charge in [-0.25, -0.2) is 0 Å². The summed E-state index contributed by atoms with van der Waals surface area (Å²) in [6.45, 7) is 9.89. The number of anilines is 1. The topological polar surface area (TPSA) is 74.0 Å². The van der Waals surface area contributed by atoms with Crippen LogP contribution in [-0.4, -0.2) is 4.57 Å². The molecule has 0 radical (unpaired) electrons. The molecule has 4 heteroatoms. The molecule has 0 spiro atoms. The molecule has 1 aromatic heterocycles. The monoisotopic (exact) mass is 223 g/mol. The number of nitrogens with zero attached hydrogens (tertiary/aromatic N) is 1. The Labute approximate surface area is 96.3 Å². The van der Waals surface area contributed by atoms with Gasteiger partial charge in [0.25, 0.3) is 5.56 Å². The van der Waals surface area contributed by atoms with Gasteiger partial charge in [0.15, 0.2) is 0 Å². The number of nitrogens with two attached hydrogens (primary N) is 2. The van der Waals surface area contributed by atoms with Gasteiger partial charge in [0.2, 0.25) is 0 Å². The number of pyridine rings is 1. The maximum absolute atomic E-state index is 12.3. The first kappa shape index (κ1) is 12.8. The summed E-state index contributed by atoms with van der Waals surface area (Å²) >= 11 is 0. The van der Waals surface area contributed by atoms with Gasteiger partial charge in [-0.05, 0) is 40.2 Å². The summed E-state index contributed by atoms with van der Waals surface area (Å²) in [6, 6.07) is 0. The third kappa shape index (κ3) is 1.85. The molecule has 16 heavy (non-hydrogen) atoms. The van der Waals surface area contributed by atoms with E-state index in [1.165, 1.54) is 0 Å². The molecule has 0 atom stereocenters. The number of aromatic nitrogens is 1. The summed E-state index contributed by atoms with van der Waals surface area (Å²) in [4.78, 5) is 12.3. The van der Waals surface area contributed by atoms with Crippen molar-refractivity contribution >= 4 is 5.69 Å². The molecule has 1 aromatic rings. The minimum absolute atomic E-state index is 0.0285. The van der Waals surface area contributed by atoms with Crippen LogP contribution in [0.3, 0.4) is 0 Å². The van der Waals surface area contributed by atoms with Crippen molar-refractivity contribution in [1.29, 1.82) is 0 Å². The molecule has 1 rings (SSSR count). The highest BCUT2D eigenvalue weighted by Crippen LogP contribution is 2.22. The minimum atomic E-state index is -0.285. The highest BCUT2D eigenvalue weighted by Gasteiger charge is 2.22. The lowest BCUT2D eigenvalue weighted by atomic mass is 10.0. The highest BCUT2D eigenvalue weighted by atomic mass is 16.1. The lowest BCUT2D eigenvalue weighted by Crippen LogP contribution is -2.39. The van der Waals surface area contributed by atoms with Gasteiger partial charge in [0, 0.05) is 23.3 Å². The van der Waals surface area contributed by atoms with E-state index in [1.54, 1.807) is 4.57 Å². The van der Waals surface area contributed by atoms with Crippen LogP contribution in [0.1, 0.15) is 37.6 Å². The van der Waals surface area contributed by atoms with E-state index >= 15 is 0 Å². The number of hydrogen-bond donors (Lipinski definition) is 2. The van der Waals surface area contributed by atoms with Gasteiger partial charge in [-0.2, -0.15) is 0 Å². The molecule has 0 aliphatic rings. The quantitative estimate of drug-likeness (QED) is 0.752. The van der Waals surface area contributed by atoms with Gasteiger partial charge in [0.05, 0.1) is 5.69 Å². The average Bonchev–Trinajstić information content (AvgIpc) is 2.13. The van der Waals surface area contributed by atoms with E-state index in [2.05, 4.69) is 0 Å². The second kappa shape index (κ2) is 3.94. The van der Waals surface area contributed by atoms with Crippen molar-refractivity contribution in [2.75, 3.05) is 5.73 Å². The third-order valence-electron chi connectivity index (χ3n) is 2.92. The summed E-state index contributed by atoms with van der Waals surface area (Å²) in [5.41, 5.74) is 14.2. The molecular formula is C12H21N3O. The van der Waals surface area contributed by atoms with Crippen LogP contribution in [0.4, 0.5) is 5.69 Å². The first-order valence-corrected chi connectivity index (χ1v) is 5.43. The Balaban J connectivity index is 3.77. The van der Waals surface area contributed by atoms with Crippen LogP contribution in [-0.2, 0) is 12.1 Å². The molecule has 1 heterocycles. The van der Waals surface area contributed by atoms with Crippen LogP contribution in [0.2, 0.25) is 0 Å². The Bertz CT molecular complexity index is 467. The van der Waals surface area contributed by atoms with Crippen molar-refractivity contribution in [3.05, 3.63) is 27.2 Å². The molecule has 0 unspecified atom stereocenters. The molecule has 0 aliphatic heterocycles. The fourth-order valence-electron chi connectivity index (χ4n) is 2.05. The largest absolute Gasteiger partial charge is 0.397 e. The molecule has 0 aliphatic carbocycles. The van der Waals surface area contributed by atoms with E-state index < -0.39 is 0 Å². The summed E-state index contributed by atoms with van der Waals surface area (Å²) in [7, 11) is 0. The molecule has 0 fully saturated rings. The summed E-state index contributed by atoms with van der Waals surface area (Å²) in [6.07, 6.45) is 0. The van der Waals surface area contributed by atoms with Crippen LogP contribution < -0.4 is 17.0 Å². The van der Waals surface area contributed by atoms with Gasteiger partial charge in [-0.1, -0.05) is 0 Å². The summed E-state index contributed by atoms with van der Waals surface area (Å²) in [5, 5.41) is 0. The molecule has 90 valence electrons. The predicted molar refractivity (Wildman–Crippen MR) is 67.5 cm³/mol. The Hall–Kier alpha value is -1.29. The van der Waals surface area contributed by atoms with E-state index in [9.17, 15) is 4.79 Å². The number of nitrogen functional groups attached to an aromatic ring is 1. The molecule has 0 amide bonds. The first-order valence-electron chi connectivity index (χ1n) is 5.43. The van der Waals surface area contributed by atoms with E-state index in [-0.39, 0.29) is 17.6 Å². The predicted octanol–water partition coefficient (Wildman–Crippen LogP) is 1.26. The van der Waals surface area contributed by atoms with Crippen molar-refractivity contribution in [2.45, 2.75) is 46.7 Å². The zero-order valence-electron chi connectivity index (χ0n) is 10.7. The van der Waals surface area contributed by atoms with Crippen LogP contribution >= 0.6 is 0 Å². The highest BCUT2D eigenvalue weighted by molar-refractivity contribution is 5.53. The van der Waals surface area contributed by atoms with Crippen molar-refractivity contribution in [3.8, 4) is 0 Å². The van der Waals surface area contributed by atoms with Crippen molar-refractivity contribution < 1.29 is 0 Å². The lowest BCUT2D eigenvalue weighted by Gasteiger charge is -2.27. The summed E-state index contributed by atoms with van der Waals surface area (Å²) < 4.78 is 1.72. The normalized spacial score (nSPS) is 11.9. The standard InChI is InChI=1S/C12H21N3O/c1-7-9(6-13)11(16)15(12(3,4)5)8(2)10(7)14/h6,13-14H2,1-5H3. The average molecular weight is 223 g/mol. The first-order chi connectivity index (χ1) is 7.21. The Kier molecular flexibility index (Phi) is 3.15. The van der Waals surface area contributed by atoms with Gasteiger partial charge in [-0.3, -0.25) is 4.79 Å². The van der Waals surface area contributed by atoms with Gasteiger partial charge in [0.1, 0.15) is 0 Å². The molecule has 0 aromatic carbocycles. The van der Waals surface area contributed by atoms with E-state index in [0.717, 1.165) is 11.3 Å². The van der Waals surface area contributed by atoms with Gasteiger partial charge < -0.3 is 16.0 Å². The van der Waals surface area contributed by atoms with Crippen LogP contribution in [0.25, 0.3) is 0 Å². The molecule has 4 nitrogen and oxygen atoms in total. The van der Waals surface area contributed by atoms with Gasteiger partial charge >= 0.3 is 0 Å². The Morgan fingerprint density at radius 2 is 1.75 bits per heavy atom. The van der Waals surface area contributed by atoms with Crippen molar-refractivity contribution in [2.24, 2.45) is 5.73 Å². The molecule has 0 bridgehead atoms. The Morgan fingerprint density at radius 3 is 2.12 bits per heavy atom. The zero-order valence-corrected chi connectivity index (χ0v) is 10.7. The van der Waals surface area contributed by atoms with Gasteiger partial charge in [-0.15, -0.1) is 0 Å². The number of rotatable bonds is 1. The summed E-state index contributed by atoms with van der Waals surface area (Å²) in [5.74, 6) is 0. The van der Waals surface area contributed by atoms with Crippen molar-refractivity contribution in [3.63, 3.8) is 0 Å². The smallest absolute Gasteiger partial charge is 0.256 e.